The van der Waals surface area contributed by atoms with Crippen molar-refractivity contribution in [1.29, 1.82) is 0 Å². The number of nitrogens with zero attached hydrogens (tertiary/aromatic N) is 3. The van der Waals surface area contributed by atoms with Gasteiger partial charge in [-0.2, -0.15) is 5.10 Å². The van der Waals surface area contributed by atoms with Crippen molar-refractivity contribution in [1.82, 2.24) is 20.0 Å². The summed E-state index contributed by atoms with van der Waals surface area (Å²) in [5.41, 5.74) is 4.62. The molecular weight excluding hydrogens is 402 g/mol. The maximum atomic E-state index is 12.8. The van der Waals surface area contributed by atoms with Crippen LogP contribution in [0.2, 0.25) is 0 Å². The predicted octanol–water partition coefficient (Wildman–Crippen LogP) is 3.97. The number of nitrogens with one attached hydrogen (secondary N) is 2. The number of hydrogen-bond donors (Lipinski definition) is 2. The lowest BCUT2D eigenvalue weighted by Crippen LogP contribution is -2.47. The second-order valence-electron chi connectivity index (χ2n) is 8.32. The van der Waals surface area contributed by atoms with Crippen molar-refractivity contribution < 1.29 is 9.59 Å². The summed E-state index contributed by atoms with van der Waals surface area (Å²) in [6, 6.07) is 19.1. The average Bonchev–Trinajstić information content (AvgIpc) is 3.11. The number of amides is 3. The first-order valence-electron chi connectivity index (χ1n) is 11.0. The van der Waals surface area contributed by atoms with Crippen LogP contribution in [0.4, 0.5) is 10.5 Å². The largest absolute Gasteiger partial charge is 0.349 e. The van der Waals surface area contributed by atoms with E-state index < -0.39 is 0 Å². The number of urea groups is 1. The smallest absolute Gasteiger partial charge is 0.321 e. The molecule has 1 aliphatic heterocycles. The molecule has 0 bridgehead atoms. The molecule has 4 rings (SSSR count). The van der Waals surface area contributed by atoms with E-state index >= 15 is 0 Å². The van der Waals surface area contributed by atoms with Crippen LogP contribution in [0, 0.1) is 13.8 Å². The quantitative estimate of drug-likeness (QED) is 0.641. The van der Waals surface area contributed by atoms with Gasteiger partial charge < -0.3 is 15.5 Å². The van der Waals surface area contributed by atoms with Crippen LogP contribution in [0.15, 0.2) is 60.7 Å². The fourth-order valence-corrected chi connectivity index (χ4v) is 4.04. The molecule has 166 valence electrons. The second kappa shape index (κ2) is 9.68. The van der Waals surface area contributed by atoms with Gasteiger partial charge in [-0.05, 0) is 62.6 Å². The minimum absolute atomic E-state index is 0.0621. The van der Waals surface area contributed by atoms with Gasteiger partial charge in [-0.1, -0.05) is 30.3 Å². The van der Waals surface area contributed by atoms with Crippen LogP contribution in [0.25, 0.3) is 0 Å². The highest BCUT2D eigenvalue weighted by molar-refractivity contribution is 5.94. The van der Waals surface area contributed by atoms with E-state index in [4.69, 9.17) is 0 Å². The van der Waals surface area contributed by atoms with Gasteiger partial charge in [-0.3, -0.25) is 9.48 Å². The highest BCUT2D eigenvalue weighted by Gasteiger charge is 2.24. The number of piperidine rings is 1. The molecule has 1 aliphatic rings. The number of rotatable bonds is 5. The molecule has 2 aromatic carbocycles. The summed E-state index contributed by atoms with van der Waals surface area (Å²) in [6.07, 6.45) is 1.48. The number of anilines is 1. The van der Waals surface area contributed by atoms with E-state index in [-0.39, 0.29) is 18.0 Å². The summed E-state index contributed by atoms with van der Waals surface area (Å²) in [5.74, 6) is -0.0621. The standard InChI is InChI=1S/C25H29N5O2/c1-18-15-19(2)30(28-18)17-20-7-6-10-23(16-20)27-25(32)29-13-11-22(12-14-29)26-24(31)21-8-4-3-5-9-21/h3-10,15-16,22H,11-14,17H2,1-2H3,(H,26,31)(H,27,32). The first-order valence-corrected chi connectivity index (χ1v) is 11.0. The van der Waals surface area contributed by atoms with Crippen LogP contribution in [0.1, 0.15) is 40.2 Å². The molecule has 3 amide bonds. The number of carbonyl (C=O) groups is 2. The fourth-order valence-electron chi connectivity index (χ4n) is 4.04. The lowest BCUT2D eigenvalue weighted by molar-refractivity contribution is 0.0919. The molecule has 0 saturated carbocycles. The number of benzene rings is 2. The lowest BCUT2D eigenvalue weighted by atomic mass is 10.0. The Morgan fingerprint density at radius 3 is 2.44 bits per heavy atom. The maximum absolute atomic E-state index is 12.8. The van der Waals surface area contributed by atoms with E-state index in [9.17, 15) is 9.59 Å². The molecule has 7 nitrogen and oxygen atoms in total. The Kier molecular flexibility index (Phi) is 6.54. The van der Waals surface area contributed by atoms with Gasteiger partial charge in [0.2, 0.25) is 0 Å². The molecule has 0 aliphatic carbocycles. The van der Waals surface area contributed by atoms with Crippen LogP contribution in [0.5, 0.6) is 0 Å². The molecule has 32 heavy (non-hydrogen) atoms. The second-order valence-corrected chi connectivity index (χ2v) is 8.32. The van der Waals surface area contributed by atoms with Crippen LogP contribution < -0.4 is 10.6 Å². The number of aromatic nitrogens is 2. The Morgan fingerprint density at radius 2 is 1.75 bits per heavy atom. The summed E-state index contributed by atoms with van der Waals surface area (Å²) < 4.78 is 1.96. The summed E-state index contributed by atoms with van der Waals surface area (Å²) in [7, 11) is 0. The van der Waals surface area contributed by atoms with Crippen molar-refractivity contribution in [3.63, 3.8) is 0 Å². The Morgan fingerprint density at radius 1 is 1.00 bits per heavy atom. The summed E-state index contributed by atoms with van der Waals surface area (Å²) in [4.78, 5) is 26.9. The minimum Gasteiger partial charge on any atom is -0.349 e. The molecule has 0 spiro atoms. The molecular formula is C25H29N5O2. The molecule has 0 radical (unpaired) electrons. The van der Waals surface area contributed by atoms with Crippen LogP contribution in [-0.2, 0) is 6.54 Å². The van der Waals surface area contributed by atoms with Gasteiger partial charge >= 0.3 is 6.03 Å². The van der Waals surface area contributed by atoms with E-state index in [1.165, 1.54) is 0 Å². The Labute approximate surface area is 188 Å². The van der Waals surface area contributed by atoms with Crippen LogP contribution in [0.3, 0.4) is 0 Å². The molecule has 0 unspecified atom stereocenters. The fraction of sp³-hybridized carbons (Fsp3) is 0.320. The first kappa shape index (κ1) is 21.6. The SMILES string of the molecule is Cc1cc(C)n(Cc2cccc(NC(=O)N3CCC(NC(=O)c4ccccc4)CC3)c2)n1. The van der Waals surface area contributed by atoms with Crippen molar-refractivity contribution in [2.75, 3.05) is 18.4 Å². The Bertz CT molecular complexity index is 1080. The van der Waals surface area contributed by atoms with Crippen LogP contribution >= 0.6 is 0 Å². The van der Waals surface area contributed by atoms with Crippen molar-refractivity contribution in [2.24, 2.45) is 0 Å². The van der Waals surface area contributed by atoms with Gasteiger partial charge in [0.1, 0.15) is 0 Å². The summed E-state index contributed by atoms with van der Waals surface area (Å²) in [6.45, 7) is 5.90. The van der Waals surface area contributed by atoms with Gasteiger partial charge in [-0.15, -0.1) is 0 Å². The monoisotopic (exact) mass is 431 g/mol. The summed E-state index contributed by atoms with van der Waals surface area (Å²) >= 11 is 0. The maximum Gasteiger partial charge on any atom is 0.321 e. The Hall–Kier alpha value is -3.61. The third-order valence-corrected chi connectivity index (χ3v) is 5.77. The van der Waals surface area contributed by atoms with Gasteiger partial charge in [-0.25, -0.2) is 4.79 Å². The van der Waals surface area contributed by atoms with Crippen molar-refractivity contribution in [2.45, 2.75) is 39.3 Å². The van der Waals surface area contributed by atoms with E-state index in [0.717, 1.165) is 35.5 Å². The van der Waals surface area contributed by atoms with Crippen molar-refractivity contribution in [3.05, 3.63) is 83.2 Å². The van der Waals surface area contributed by atoms with Crippen molar-refractivity contribution in [3.8, 4) is 0 Å². The molecule has 3 aromatic rings. The minimum atomic E-state index is -0.110. The topological polar surface area (TPSA) is 79.3 Å². The van der Waals surface area contributed by atoms with Gasteiger partial charge in [0.15, 0.2) is 0 Å². The first-order chi connectivity index (χ1) is 15.5. The van der Waals surface area contributed by atoms with E-state index in [1.807, 2.05) is 61.0 Å². The summed E-state index contributed by atoms with van der Waals surface area (Å²) in [5, 5.41) is 10.6. The molecule has 1 saturated heterocycles. The number of aryl methyl sites for hydroxylation is 2. The number of carbonyl (C=O) groups excluding carboxylic acids is 2. The lowest BCUT2D eigenvalue weighted by Gasteiger charge is -2.32. The van der Waals surface area contributed by atoms with Crippen molar-refractivity contribution >= 4 is 17.6 Å². The molecule has 0 atom stereocenters. The average molecular weight is 432 g/mol. The van der Waals surface area contributed by atoms with E-state index in [2.05, 4.69) is 21.8 Å². The van der Waals surface area contributed by atoms with E-state index in [1.54, 1.807) is 17.0 Å². The number of likely N-dealkylation sites (tertiary alicyclic amines) is 1. The van der Waals surface area contributed by atoms with Gasteiger partial charge in [0, 0.05) is 36.1 Å². The molecule has 7 heteroatoms. The van der Waals surface area contributed by atoms with E-state index in [0.29, 0.717) is 25.2 Å². The normalized spacial score (nSPS) is 14.2. The molecule has 2 N–H and O–H groups in total. The highest BCUT2D eigenvalue weighted by Crippen LogP contribution is 2.16. The third kappa shape index (κ3) is 5.35. The number of hydrogen-bond acceptors (Lipinski definition) is 3. The third-order valence-electron chi connectivity index (χ3n) is 5.77. The molecule has 1 fully saturated rings. The zero-order valence-electron chi connectivity index (χ0n) is 18.5. The Balaban J connectivity index is 1.28. The van der Waals surface area contributed by atoms with Gasteiger partial charge in [0.25, 0.3) is 5.91 Å². The predicted molar refractivity (Wildman–Crippen MR) is 125 cm³/mol. The van der Waals surface area contributed by atoms with Crippen LogP contribution in [-0.4, -0.2) is 45.8 Å². The highest BCUT2D eigenvalue weighted by atomic mass is 16.2. The molecule has 2 heterocycles. The van der Waals surface area contributed by atoms with Gasteiger partial charge in [0.05, 0.1) is 12.2 Å². The molecule has 1 aromatic heterocycles. The zero-order chi connectivity index (χ0) is 22.5. The zero-order valence-corrected chi connectivity index (χ0v) is 18.5.